The molecule has 1 N–H and O–H groups in total. The Bertz CT molecular complexity index is 788. The van der Waals surface area contributed by atoms with Gasteiger partial charge in [-0.25, -0.2) is 0 Å². The molecule has 0 heterocycles. The van der Waals surface area contributed by atoms with Crippen molar-refractivity contribution in [2.24, 2.45) is 0 Å². The van der Waals surface area contributed by atoms with Gasteiger partial charge in [-0.2, -0.15) is 0 Å². The van der Waals surface area contributed by atoms with Crippen molar-refractivity contribution in [2.75, 3.05) is 25.5 Å². The van der Waals surface area contributed by atoms with Crippen LogP contribution in [0.3, 0.4) is 0 Å². The van der Waals surface area contributed by atoms with Gasteiger partial charge in [-0.05, 0) is 42.8 Å². The maximum atomic E-state index is 12.3. The number of halogens is 1. The molecule has 136 valence electrons. The molecule has 0 unspecified atom stereocenters. The van der Waals surface area contributed by atoms with Crippen LogP contribution in [0.1, 0.15) is 12.5 Å². The van der Waals surface area contributed by atoms with Crippen LogP contribution < -0.4 is 10.1 Å². The summed E-state index contributed by atoms with van der Waals surface area (Å²) in [6, 6.07) is 14.2. The van der Waals surface area contributed by atoms with Crippen molar-refractivity contribution in [1.29, 1.82) is 0 Å². The number of nitrogens with one attached hydrogen (secondary N) is 1. The van der Waals surface area contributed by atoms with Crippen molar-refractivity contribution in [3.05, 3.63) is 65.2 Å². The molecule has 0 atom stereocenters. The minimum absolute atomic E-state index is 0.0303. The topological polar surface area (TPSA) is 58.6 Å². The van der Waals surface area contributed by atoms with Crippen molar-refractivity contribution in [3.8, 4) is 5.75 Å². The third-order valence-corrected chi connectivity index (χ3v) is 3.92. The molecular weight excluding hydrogens is 352 g/mol. The second kappa shape index (κ2) is 9.63. The maximum Gasteiger partial charge on any atom is 0.247 e. The molecule has 0 aliphatic heterocycles. The summed E-state index contributed by atoms with van der Waals surface area (Å²) in [5, 5.41) is 3.40. The number of rotatable bonds is 7. The zero-order valence-electron chi connectivity index (χ0n) is 14.7. The Morgan fingerprint density at radius 1 is 1.19 bits per heavy atom. The van der Waals surface area contributed by atoms with Crippen LogP contribution in [0.25, 0.3) is 6.08 Å². The summed E-state index contributed by atoms with van der Waals surface area (Å²) >= 11 is 5.84. The van der Waals surface area contributed by atoms with E-state index in [2.05, 4.69) is 5.32 Å². The lowest BCUT2D eigenvalue weighted by molar-refractivity contribution is -0.130. The van der Waals surface area contributed by atoms with Crippen molar-refractivity contribution in [2.45, 2.75) is 6.92 Å². The number of likely N-dealkylation sites (N-methyl/N-ethyl adjacent to an activating group) is 1. The molecule has 0 saturated heterocycles. The zero-order chi connectivity index (χ0) is 18.9. The highest BCUT2D eigenvalue weighted by molar-refractivity contribution is 6.30. The van der Waals surface area contributed by atoms with Gasteiger partial charge < -0.3 is 15.0 Å². The van der Waals surface area contributed by atoms with Crippen LogP contribution in [0.15, 0.2) is 54.6 Å². The van der Waals surface area contributed by atoms with E-state index in [0.717, 1.165) is 5.56 Å². The van der Waals surface area contributed by atoms with E-state index in [1.54, 1.807) is 49.6 Å². The normalized spacial score (nSPS) is 10.6. The molecule has 2 rings (SSSR count). The lowest BCUT2D eigenvalue weighted by atomic mass is 10.2. The number of nitrogens with zero attached hydrogens (tertiary/aromatic N) is 1. The molecule has 2 amide bonds. The van der Waals surface area contributed by atoms with E-state index < -0.39 is 0 Å². The number of benzene rings is 2. The van der Waals surface area contributed by atoms with Crippen molar-refractivity contribution in [1.82, 2.24) is 4.90 Å². The second-order valence-corrected chi connectivity index (χ2v) is 5.95. The van der Waals surface area contributed by atoms with E-state index in [4.69, 9.17) is 16.3 Å². The number of carbonyl (C=O) groups excluding carboxylic acids is 2. The summed E-state index contributed by atoms with van der Waals surface area (Å²) in [7, 11) is 1.56. The van der Waals surface area contributed by atoms with E-state index in [-0.39, 0.29) is 18.4 Å². The predicted octanol–water partition coefficient (Wildman–Crippen LogP) is 3.85. The number of hydrogen-bond acceptors (Lipinski definition) is 3. The van der Waals surface area contributed by atoms with Gasteiger partial charge in [0, 0.05) is 29.4 Å². The number of carbonyl (C=O) groups is 2. The van der Waals surface area contributed by atoms with Gasteiger partial charge in [0.05, 0.1) is 7.11 Å². The molecule has 0 saturated carbocycles. The van der Waals surface area contributed by atoms with E-state index in [0.29, 0.717) is 23.0 Å². The first-order valence-corrected chi connectivity index (χ1v) is 8.56. The molecule has 0 aliphatic rings. The van der Waals surface area contributed by atoms with Crippen LogP contribution in [0.2, 0.25) is 5.02 Å². The Labute approximate surface area is 158 Å². The van der Waals surface area contributed by atoms with Gasteiger partial charge in [0.25, 0.3) is 0 Å². The zero-order valence-corrected chi connectivity index (χ0v) is 15.5. The monoisotopic (exact) mass is 372 g/mol. The fourth-order valence-corrected chi connectivity index (χ4v) is 2.39. The molecule has 0 bridgehead atoms. The van der Waals surface area contributed by atoms with Crippen LogP contribution in [-0.4, -0.2) is 36.9 Å². The number of anilines is 1. The van der Waals surface area contributed by atoms with Crippen LogP contribution in [-0.2, 0) is 9.59 Å². The van der Waals surface area contributed by atoms with Crippen molar-refractivity contribution in [3.63, 3.8) is 0 Å². The van der Waals surface area contributed by atoms with E-state index >= 15 is 0 Å². The largest absolute Gasteiger partial charge is 0.497 e. The Morgan fingerprint density at radius 2 is 1.92 bits per heavy atom. The summed E-state index contributed by atoms with van der Waals surface area (Å²) < 4.78 is 5.13. The van der Waals surface area contributed by atoms with E-state index in [1.807, 2.05) is 19.1 Å². The molecule has 2 aromatic rings. The minimum atomic E-state index is -0.270. The first-order valence-electron chi connectivity index (χ1n) is 8.18. The Kier molecular flexibility index (Phi) is 7.24. The van der Waals surface area contributed by atoms with Gasteiger partial charge in [-0.1, -0.05) is 29.8 Å². The fraction of sp³-hybridized carbons (Fsp3) is 0.200. The summed E-state index contributed by atoms with van der Waals surface area (Å²) in [5.41, 5.74) is 1.48. The van der Waals surface area contributed by atoms with Gasteiger partial charge >= 0.3 is 0 Å². The molecule has 0 fully saturated rings. The summed E-state index contributed by atoms with van der Waals surface area (Å²) in [6.07, 6.45) is 3.15. The predicted molar refractivity (Wildman–Crippen MR) is 104 cm³/mol. The number of methoxy groups -OCH3 is 1. The van der Waals surface area contributed by atoms with Gasteiger partial charge in [0.2, 0.25) is 11.8 Å². The van der Waals surface area contributed by atoms with E-state index in [1.165, 1.54) is 11.0 Å². The quantitative estimate of drug-likeness (QED) is 0.751. The Hall–Kier alpha value is -2.79. The van der Waals surface area contributed by atoms with Crippen LogP contribution in [0.5, 0.6) is 5.75 Å². The summed E-state index contributed by atoms with van der Waals surface area (Å²) in [6.45, 7) is 2.22. The number of ether oxygens (including phenoxy) is 1. The highest BCUT2D eigenvalue weighted by Crippen LogP contribution is 2.16. The minimum Gasteiger partial charge on any atom is -0.497 e. The van der Waals surface area contributed by atoms with Gasteiger partial charge in [0.15, 0.2) is 0 Å². The third-order valence-electron chi connectivity index (χ3n) is 3.67. The number of hydrogen-bond donors (Lipinski definition) is 1. The molecule has 0 radical (unpaired) electrons. The van der Waals surface area contributed by atoms with Crippen LogP contribution in [0, 0.1) is 0 Å². The molecule has 0 aromatic heterocycles. The highest BCUT2D eigenvalue weighted by Gasteiger charge is 2.13. The van der Waals surface area contributed by atoms with Crippen molar-refractivity contribution < 1.29 is 14.3 Å². The Balaban J connectivity index is 1.95. The highest BCUT2D eigenvalue weighted by atomic mass is 35.5. The molecule has 2 aromatic carbocycles. The summed E-state index contributed by atoms with van der Waals surface area (Å²) in [4.78, 5) is 26.0. The standard InChI is InChI=1S/C20H21ClN2O3/c1-3-23(20(25)12-9-15-7-10-16(21)11-8-15)14-19(24)22-17-5-4-6-18(13-17)26-2/h4-13H,3,14H2,1-2H3,(H,22,24)/b12-9+. The van der Waals surface area contributed by atoms with Crippen LogP contribution in [0.4, 0.5) is 5.69 Å². The van der Waals surface area contributed by atoms with Gasteiger partial charge in [0.1, 0.15) is 12.3 Å². The lowest BCUT2D eigenvalue weighted by Crippen LogP contribution is -2.36. The molecule has 0 spiro atoms. The second-order valence-electron chi connectivity index (χ2n) is 5.52. The smallest absolute Gasteiger partial charge is 0.247 e. The molecule has 26 heavy (non-hydrogen) atoms. The lowest BCUT2D eigenvalue weighted by Gasteiger charge is -2.18. The number of amides is 2. The SMILES string of the molecule is CCN(CC(=O)Nc1cccc(OC)c1)C(=O)/C=C/c1ccc(Cl)cc1. The van der Waals surface area contributed by atoms with Crippen LogP contribution >= 0.6 is 11.6 Å². The molecule has 0 aliphatic carbocycles. The van der Waals surface area contributed by atoms with Gasteiger partial charge in [-0.3, -0.25) is 9.59 Å². The first kappa shape index (κ1) is 19.5. The third kappa shape index (κ3) is 5.93. The molecular formula is C20H21ClN2O3. The average Bonchev–Trinajstić information content (AvgIpc) is 2.65. The van der Waals surface area contributed by atoms with E-state index in [9.17, 15) is 9.59 Å². The molecule has 5 nitrogen and oxygen atoms in total. The molecule has 6 heteroatoms. The summed E-state index contributed by atoms with van der Waals surface area (Å²) in [5.74, 6) is 0.147. The van der Waals surface area contributed by atoms with Crippen molar-refractivity contribution >= 4 is 35.2 Å². The Morgan fingerprint density at radius 3 is 2.58 bits per heavy atom. The fourth-order valence-electron chi connectivity index (χ4n) is 2.27. The average molecular weight is 373 g/mol. The first-order chi connectivity index (χ1) is 12.5. The van der Waals surface area contributed by atoms with Gasteiger partial charge in [-0.15, -0.1) is 0 Å². The maximum absolute atomic E-state index is 12.3.